The summed E-state index contributed by atoms with van der Waals surface area (Å²) in [4.78, 5) is 19.5. The largest absolute Gasteiger partial charge is 0.394 e. The summed E-state index contributed by atoms with van der Waals surface area (Å²) >= 11 is 0. The lowest BCUT2D eigenvalue weighted by Crippen LogP contribution is -2.47. The number of likely N-dealkylation sites (N-methyl/N-ethyl adjacent to an activating group) is 1. The number of nitrogens with zero attached hydrogens (tertiary/aromatic N) is 4. The molecule has 0 saturated heterocycles. The van der Waals surface area contributed by atoms with Crippen molar-refractivity contribution in [3.05, 3.63) is 72.2 Å². The van der Waals surface area contributed by atoms with Gasteiger partial charge < -0.3 is 19.3 Å². The fourth-order valence-electron chi connectivity index (χ4n) is 4.58. The molecule has 10 heteroatoms. The Morgan fingerprint density at radius 1 is 1.14 bits per heavy atom. The average Bonchev–Trinajstić information content (AvgIpc) is 3.35. The molecule has 37 heavy (non-hydrogen) atoms. The molecule has 0 bridgehead atoms. The highest BCUT2D eigenvalue weighted by Crippen LogP contribution is 2.31. The third-order valence-corrected chi connectivity index (χ3v) is 8.60. The van der Waals surface area contributed by atoms with Gasteiger partial charge in [0.1, 0.15) is 0 Å². The van der Waals surface area contributed by atoms with Crippen molar-refractivity contribution in [2.45, 2.75) is 37.6 Å². The summed E-state index contributed by atoms with van der Waals surface area (Å²) < 4.78 is 35.6. The quantitative estimate of drug-likeness (QED) is 0.530. The molecule has 1 aliphatic heterocycles. The smallest absolute Gasteiger partial charge is 0.261 e. The predicted molar refractivity (Wildman–Crippen MR) is 140 cm³/mol. The number of amides is 1. The van der Waals surface area contributed by atoms with Gasteiger partial charge in [-0.3, -0.25) is 4.79 Å². The van der Waals surface area contributed by atoms with Crippen LogP contribution in [0.2, 0.25) is 0 Å². The zero-order chi connectivity index (χ0) is 26.7. The number of sulfonamides is 1. The highest BCUT2D eigenvalue weighted by molar-refractivity contribution is 7.89. The second-order valence-corrected chi connectivity index (χ2v) is 11.7. The van der Waals surface area contributed by atoms with E-state index in [1.807, 2.05) is 49.4 Å². The SMILES string of the molecule is C[C@@H]1CN([C@@H](C)CO)C(=O)c2ccccc2-c2ccccc2CO[C@@H]1CN(C)S(=O)(=O)c1cn(C)cn1. The first-order valence-corrected chi connectivity index (χ1v) is 13.7. The Balaban J connectivity index is 1.73. The minimum Gasteiger partial charge on any atom is -0.394 e. The van der Waals surface area contributed by atoms with Gasteiger partial charge in [0.25, 0.3) is 15.9 Å². The van der Waals surface area contributed by atoms with E-state index in [4.69, 9.17) is 4.74 Å². The first kappa shape index (κ1) is 27.0. The van der Waals surface area contributed by atoms with Crippen LogP contribution in [-0.2, 0) is 28.4 Å². The Morgan fingerprint density at radius 2 is 1.78 bits per heavy atom. The zero-order valence-electron chi connectivity index (χ0n) is 21.6. The summed E-state index contributed by atoms with van der Waals surface area (Å²) in [7, 11) is -0.613. The Hall–Kier alpha value is -3.05. The van der Waals surface area contributed by atoms with Crippen LogP contribution in [0.5, 0.6) is 0 Å². The molecule has 2 aromatic carbocycles. The standard InChI is InChI=1S/C27H34N4O5S/c1-19-13-31(20(2)16-32)27(33)24-12-8-7-11-23(24)22-10-6-5-9-21(22)17-36-25(19)14-30(4)37(34,35)26-15-29(3)18-28-26/h5-12,15,18-20,25,32H,13-14,16-17H2,1-4H3/t19-,20+,25-/m1/s1. The number of carbonyl (C=O) groups is 1. The molecule has 9 nitrogen and oxygen atoms in total. The molecule has 3 atom stereocenters. The van der Waals surface area contributed by atoms with Crippen molar-refractivity contribution in [2.75, 3.05) is 26.7 Å². The summed E-state index contributed by atoms with van der Waals surface area (Å²) in [6.45, 7) is 4.15. The number of aryl methyl sites for hydroxylation is 1. The average molecular weight is 527 g/mol. The summed E-state index contributed by atoms with van der Waals surface area (Å²) in [6, 6.07) is 14.8. The van der Waals surface area contributed by atoms with Crippen molar-refractivity contribution >= 4 is 15.9 Å². The number of hydrogen-bond acceptors (Lipinski definition) is 6. The number of aliphatic hydroxyl groups excluding tert-OH is 1. The molecule has 198 valence electrons. The van der Waals surface area contributed by atoms with Crippen molar-refractivity contribution in [3.8, 4) is 11.1 Å². The molecule has 1 N–H and O–H groups in total. The van der Waals surface area contributed by atoms with Crippen LogP contribution in [0.25, 0.3) is 11.1 Å². The number of rotatable bonds is 6. The van der Waals surface area contributed by atoms with Crippen LogP contribution in [-0.4, -0.2) is 77.1 Å². The fraction of sp³-hybridized carbons (Fsp3) is 0.407. The number of hydrogen-bond donors (Lipinski definition) is 1. The summed E-state index contributed by atoms with van der Waals surface area (Å²) in [5, 5.41) is 9.93. The third kappa shape index (κ3) is 5.62. The molecule has 1 aromatic heterocycles. The van der Waals surface area contributed by atoms with Gasteiger partial charge in [-0.05, 0) is 29.7 Å². The van der Waals surface area contributed by atoms with Gasteiger partial charge in [0.05, 0.1) is 31.7 Å². The van der Waals surface area contributed by atoms with Crippen LogP contribution < -0.4 is 0 Å². The number of aromatic nitrogens is 2. The van der Waals surface area contributed by atoms with E-state index in [9.17, 15) is 18.3 Å². The number of imidazole rings is 1. The molecule has 3 aromatic rings. The maximum atomic E-state index is 13.9. The molecule has 0 unspecified atom stereocenters. The highest BCUT2D eigenvalue weighted by atomic mass is 32.2. The monoisotopic (exact) mass is 526 g/mol. The van der Waals surface area contributed by atoms with Crippen LogP contribution in [0, 0.1) is 5.92 Å². The summed E-state index contributed by atoms with van der Waals surface area (Å²) in [5.74, 6) is -0.425. The lowest BCUT2D eigenvalue weighted by Gasteiger charge is -2.34. The number of carbonyl (C=O) groups excluding carboxylic acids is 1. The minimum absolute atomic E-state index is 0.0340. The molecule has 0 fully saturated rings. The van der Waals surface area contributed by atoms with E-state index in [-0.39, 0.29) is 43.2 Å². The van der Waals surface area contributed by atoms with Gasteiger partial charge in [0, 0.05) is 44.9 Å². The van der Waals surface area contributed by atoms with E-state index in [2.05, 4.69) is 4.98 Å². The van der Waals surface area contributed by atoms with Gasteiger partial charge in [-0.15, -0.1) is 0 Å². The molecule has 0 aliphatic carbocycles. The summed E-state index contributed by atoms with van der Waals surface area (Å²) in [6.07, 6.45) is 2.38. The Bertz CT molecular complexity index is 1360. The van der Waals surface area contributed by atoms with Gasteiger partial charge in [0.2, 0.25) is 0 Å². The van der Waals surface area contributed by atoms with Gasteiger partial charge in [-0.2, -0.15) is 4.31 Å². The third-order valence-electron chi connectivity index (χ3n) is 6.89. The van der Waals surface area contributed by atoms with E-state index in [0.29, 0.717) is 5.56 Å². The van der Waals surface area contributed by atoms with Crippen molar-refractivity contribution in [1.29, 1.82) is 0 Å². The second-order valence-electron chi connectivity index (χ2n) is 9.68. The van der Waals surface area contributed by atoms with Gasteiger partial charge >= 0.3 is 0 Å². The maximum Gasteiger partial charge on any atom is 0.261 e. The highest BCUT2D eigenvalue weighted by Gasteiger charge is 2.33. The molecular formula is C27H34N4O5S. The molecule has 1 amide bonds. The normalized spacial score (nSPS) is 19.7. The van der Waals surface area contributed by atoms with Gasteiger partial charge in [-0.25, -0.2) is 13.4 Å². The summed E-state index contributed by atoms with van der Waals surface area (Å²) in [5.41, 5.74) is 3.13. The maximum absolute atomic E-state index is 13.9. The van der Waals surface area contributed by atoms with Crippen LogP contribution in [0.3, 0.4) is 0 Å². The van der Waals surface area contributed by atoms with Crippen LogP contribution in [0.1, 0.15) is 29.8 Å². The van der Waals surface area contributed by atoms with Crippen molar-refractivity contribution in [3.63, 3.8) is 0 Å². The Morgan fingerprint density at radius 3 is 2.43 bits per heavy atom. The van der Waals surface area contributed by atoms with E-state index < -0.39 is 22.2 Å². The Kier molecular flexibility index (Phi) is 8.13. The van der Waals surface area contributed by atoms with Crippen LogP contribution >= 0.6 is 0 Å². The van der Waals surface area contributed by atoms with E-state index in [1.165, 1.54) is 23.9 Å². The Labute approximate surface area is 218 Å². The molecule has 4 rings (SSSR count). The first-order chi connectivity index (χ1) is 17.6. The number of benzene rings is 2. The molecule has 0 radical (unpaired) electrons. The molecule has 0 spiro atoms. The molecular weight excluding hydrogens is 492 g/mol. The van der Waals surface area contributed by atoms with E-state index in [0.717, 1.165) is 16.7 Å². The van der Waals surface area contributed by atoms with Crippen molar-refractivity contribution < 1.29 is 23.1 Å². The zero-order valence-corrected chi connectivity index (χ0v) is 22.4. The van der Waals surface area contributed by atoms with E-state index >= 15 is 0 Å². The van der Waals surface area contributed by atoms with E-state index in [1.54, 1.807) is 29.5 Å². The van der Waals surface area contributed by atoms with Crippen LogP contribution in [0.4, 0.5) is 0 Å². The van der Waals surface area contributed by atoms with Crippen LogP contribution in [0.15, 0.2) is 66.1 Å². The fourth-order valence-corrected chi connectivity index (χ4v) is 5.73. The number of aliphatic hydroxyl groups is 1. The molecule has 2 heterocycles. The van der Waals surface area contributed by atoms with Crippen molar-refractivity contribution in [2.24, 2.45) is 13.0 Å². The number of fused-ring (bicyclic) bond motifs is 3. The topological polar surface area (TPSA) is 105 Å². The molecule has 1 aliphatic rings. The molecule has 0 saturated carbocycles. The number of ether oxygens (including phenoxy) is 1. The predicted octanol–water partition coefficient (Wildman–Crippen LogP) is 2.77. The van der Waals surface area contributed by atoms with Crippen molar-refractivity contribution in [1.82, 2.24) is 18.8 Å². The second kappa shape index (κ2) is 11.1. The lowest BCUT2D eigenvalue weighted by molar-refractivity contribution is -0.0146. The minimum atomic E-state index is -3.83. The lowest BCUT2D eigenvalue weighted by atomic mass is 9.94. The van der Waals surface area contributed by atoms with Gasteiger partial charge in [0.15, 0.2) is 5.03 Å². The van der Waals surface area contributed by atoms with Gasteiger partial charge in [-0.1, -0.05) is 49.4 Å². The first-order valence-electron chi connectivity index (χ1n) is 12.3.